The molecule has 3 atom stereocenters. The van der Waals surface area contributed by atoms with Gasteiger partial charge in [0, 0.05) is 59.3 Å². The van der Waals surface area contributed by atoms with Crippen LogP contribution in [0.1, 0.15) is 49.2 Å². The molecule has 5 aromatic rings. The van der Waals surface area contributed by atoms with E-state index < -0.39 is 5.60 Å². The molecule has 0 aromatic carbocycles. The van der Waals surface area contributed by atoms with E-state index in [1.807, 2.05) is 103 Å². The number of hydrogen-bond donors (Lipinski definition) is 3. The normalized spacial score (nSPS) is 17.4. The Morgan fingerprint density at radius 1 is 0.755 bits per heavy atom. The first-order valence-electron chi connectivity index (χ1n) is 17.4. The molecule has 1 radical (unpaired) electrons. The SMILES string of the molecule is O.O=C(CCCC[C@@H]1SC[C@@H]2NC(=O)N[C@@H]21)NCCCOC(c1ccccn1)(c1cccc(-c2ccccn2)n1)c1cccc(-c2ccccn2)n1.[Co]. The van der Waals surface area contributed by atoms with E-state index >= 15 is 0 Å². The van der Waals surface area contributed by atoms with Gasteiger partial charge < -0.3 is 26.2 Å². The molecule has 7 heterocycles. The van der Waals surface area contributed by atoms with Crippen LogP contribution < -0.4 is 16.0 Å². The molecule has 53 heavy (non-hydrogen) atoms. The summed E-state index contributed by atoms with van der Waals surface area (Å²) in [4.78, 5) is 48.5. The van der Waals surface area contributed by atoms with Gasteiger partial charge >= 0.3 is 6.03 Å². The first-order chi connectivity index (χ1) is 25.1. The first-order valence-corrected chi connectivity index (χ1v) is 18.4. The number of hydrogen-bond acceptors (Lipinski definition) is 9. The van der Waals surface area contributed by atoms with E-state index in [-0.39, 0.29) is 46.3 Å². The van der Waals surface area contributed by atoms with Crippen molar-refractivity contribution in [1.82, 2.24) is 40.9 Å². The summed E-state index contributed by atoms with van der Waals surface area (Å²) in [6.07, 6.45) is 8.98. The van der Waals surface area contributed by atoms with Crippen LogP contribution in [0.15, 0.2) is 110 Å². The summed E-state index contributed by atoms with van der Waals surface area (Å²) >= 11 is 1.90. The molecular weight excluding hydrogens is 735 g/mol. The van der Waals surface area contributed by atoms with Gasteiger partial charge in [0.05, 0.1) is 58.5 Å². The summed E-state index contributed by atoms with van der Waals surface area (Å²) in [7, 11) is 0. The fourth-order valence-corrected chi connectivity index (χ4v) is 8.19. The van der Waals surface area contributed by atoms with Crippen LogP contribution in [0, 0.1) is 0 Å². The van der Waals surface area contributed by atoms with Crippen LogP contribution in [0.3, 0.4) is 0 Å². The van der Waals surface area contributed by atoms with Crippen LogP contribution in [0.25, 0.3) is 22.8 Å². The molecule has 0 bridgehead atoms. The monoisotopic (exact) mass is 777 g/mol. The number of carbonyl (C=O) groups excluding carboxylic acids is 2. The standard InChI is InChI=1S/C39H40N8O3S.Co.H2O/c48-36(20-2-1-16-32-37-31(26-51-32)46-38(49)47-37)43-24-11-25-50-39(33-17-5-8-23-42-33,34-18-9-14-29(44-34)27-12-3-6-21-40-27)35-19-10-15-30(45-35)28-13-4-7-22-41-28;;/h3-10,12-15,17-19,21-23,31-32,37H,1-2,11,16,20,24-26H2,(H,43,48)(H2,46,47,49);;1H2/t31-,32-,37-;;/m0../s1. The van der Waals surface area contributed by atoms with Crippen molar-refractivity contribution in [2.75, 3.05) is 18.9 Å². The molecule has 5 N–H and O–H groups in total. The zero-order valence-corrected chi connectivity index (χ0v) is 30.8. The van der Waals surface area contributed by atoms with Gasteiger partial charge in [-0.3, -0.25) is 19.7 Å². The van der Waals surface area contributed by atoms with E-state index in [0.29, 0.717) is 59.7 Å². The molecular formula is C39H42CoN8O4S. The molecule has 277 valence electrons. The summed E-state index contributed by atoms with van der Waals surface area (Å²) in [5.41, 5.74) is 3.43. The summed E-state index contributed by atoms with van der Waals surface area (Å²) in [6, 6.07) is 29.1. The Bertz CT molecular complexity index is 1850. The fourth-order valence-electron chi connectivity index (χ4n) is 6.65. The van der Waals surface area contributed by atoms with Gasteiger partial charge in [-0.05, 0) is 79.9 Å². The third-order valence-corrected chi connectivity index (χ3v) is 10.7. The van der Waals surface area contributed by atoms with Gasteiger partial charge in [-0.1, -0.05) is 36.8 Å². The van der Waals surface area contributed by atoms with Gasteiger partial charge in [0.2, 0.25) is 5.91 Å². The number of nitrogens with one attached hydrogen (secondary N) is 3. The van der Waals surface area contributed by atoms with E-state index in [1.165, 1.54) is 0 Å². The Labute approximate surface area is 323 Å². The Morgan fingerprint density at radius 3 is 1.96 bits per heavy atom. The van der Waals surface area contributed by atoms with E-state index in [2.05, 4.69) is 25.9 Å². The number of rotatable bonds is 15. The zero-order chi connectivity index (χ0) is 34.9. The van der Waals surface area contributed by atoms with Crippen LogP contribution in [-0.4, -0.2) is 78.6 Å². The maximum absolute atomic E-state index is 12.8. The minimum Gasteiger partial charge on any atom is -0.412 e. The van der Waals surface area contributed by atoms with Crippen molar-refractivity contribution in [3.05, 3.63) is 127 Å². The van der Waals surface area contributed by atoms with Crippen LogP contribution >= 0.6 is 11.8 Å². The van der Waals surface area contributed by atoms with Crippen molar-refractivity contribution in [2.45, 2.75) is 55.0 Å². The predicted octanol–water partition coefficient (Wildman–Crippen LogP) is 4.71. The summed E-state index contributed by atoms with van der Waals surface area (Å²) in [5, 5.41) is 9.48. The van der Waals surface area contributed by atoms with E-state index in [1.54, 1.807) is 18.6 Å². The second-order valence-corrected chi connectivity index (χ2v) is 13.8. The van der Waals surface area contributed by atoms with Crippen molar-refractivity contribution in [2.24, 2.45) is 0 Å². The number of carbonyl (C=O) groups is 2. The van der Waals surface area contributed by atoms with Gasteiger partial charge in [-0.25, -0.2) is 14.8 Å². The van der Waals surface area contributed by atoms with Gasteiger partial charge in [0.25, 0.3) is 0 Å². The molecule has 7 rings (SSSR count). The Balaban J connectivity index is 0.00000271. The summed E-state index contributed by atoms with van der Waals surface area (Å²) < 4.78 is 6.93. The van der Waals surface area contributed by atoms with E-state index in [9.17, 15) is 9.59 Å². The Kier molecular flexibility index (Phi) is 14.0. The van der Waals surface area contributed by atoms with Gasteiger partial charge in [-0.15, -0.1) is 0 Å². The number of amides is 3. The van der Waals surface area contributed by atoms with Crippen molar-refractivity contribution in [1.29, 1.82) is 0 Å². The second kappa shape index (κ2) is 18.8. The van der Waals surface area contributed by atoms with Gasteiger partial charge in [0.15, 0.2) is 5.60 Å². The molecule has 0 saturated carbocycles. The van der Waals surface area contributed by atoms with Gasteiger partial charge in [0.1, 0.15) is 0 Å². The van der Waals surface area contributed by atoms with Crippen molar-refractivity contribution in [3.63, 3.8) is 0 Å². The largest absolute Gasteiger partial charge is 0.412 e. The van der Waals surface area contributed by atoms with Crippen molar-refractivity contribution in [3.8, 4) is 22.8 Å². The van der Waals surface area contributed by atoms with Crippen molar-refractivity contribution < 1.29 is 36.6 Å². The number of unbranched alkanes of at least 4 members (excludes halogenated alkanes) is 1. The number of pyridine rings is 5. The summed E-state index contributed by atoms with van der Waals surface area (Å²) in [6.45, 7) is 0.753. The number of fused-ring (bicyclic) bond motifs is 1. The molecule has 0 aliphatic carbocycles. The molecule has 2 saturated heterocycles. The molecule has 5 aromatic heterocycles. The van der Waals surface area contributed by atoms with Crippen LogP contribution in [0.4, 0.5) is 4.79 Å². The molecule has 2 fully saturated rings. The summed E-state index contributed by atoms with van der Waals surface area (Å²) in [5.74, 6) is 0.962. The van der Waals surface area contributed by atoms with Crippen LogP contribution in [-0.2, 0) is 31.9 Å². The molecule has 0 unspecified atom stereocenters. The quantitative estimate of drug-likeness (QED) is 0.100. The molecule has 12 nitrogen and oxygen atoms in total. The third kappa shape index (κ3) is 9.26. The number of aromatic nitrogens is 5. The maximum atomic E-state index is 12.8. The molecule has 3 amide bonds. The fraction of sp³-hybridized carbons (Fsp3) is 0.308. The van der Waals surface area contributed by atoms with E-state index in [4.69, 9.17) is 19.7 Å². The van der Waals surface area contributed by atoms with Crippen molar-refractivity contribution >= 4 is 23.7 Å². The van der Waals surface area contributed by atoms with E-state index in [0.717, 1.165) is 36.4 Å². The number of thioether (sulfide) groups is 1. The minimum absolute atomic E-state index is 0. The Hall–Kier alpha value is -4.73. The average molecular weight is 778 g/mol. The first kappa shape index (κ1) is 39.5. The molecule has 0 spiro atoms. The maximum Gasteiger partial charge on any atom is 0.315 e. The second-order valence-electron chi connectivity index (χ2n) is 12.6. The Morgan fingerprint density at radius 2 is 1.36 bits per heavy atom. The predicted molar refractivity (Wildman–Crippen MR) is 200 cm³/mol. The number of ether oxygens (including phenoxy) is 1. The smallest absolute Gasteiger partial charge is 0.315 e. The van der Waals surface area contributed by atoms with Gasteiger partial charge in [-0.2, -0.15) is 11.8 Å². The minimum atomic E-state index is -1.29. The number of urea groups is 1. The third-order valence-electron chi connectivity index (χ3n) is 9.14. The van der Waals surface area contributed by atoms with Crippen LogP contribution in [0.2, 0.25) is 0 Å². The van der Waals surface area contributed by atoms with Crippen LogP contribution in [0.5, 0.6) is 0 Å². The average Bonchev–Trinajstić information content (AvgIpc) is 3.75. The number of nitrogens with zero attached hydrogens (tertiary/aromatic N) is 5. The molecule has 14 heteroatoms. The zero-order valence-electron chi connectivity index (χ0n) is 29.0. The molecule has 2 aliphatic rings. The topological polar surface area (TPSA) is 175 Å². The molecule has 2 aliphatic heterocycles.